The smallest absolute Gasteiger partial charge is 0.227 e. The second-order valence-corrected chi connectivity index (χ2v) is 7.52. The van der Waals surface area contributed by atoms with Crippen LogP contribution in [0.4, 0.5) is 11.8 Å². The van der Waals surface area contributed by atoms with Gasteiger partial charge in [-0.1, -0.05) is 0 Å². The maximum Gasteiger partial charge on any atom is 0.227 e. The quantitative estimate of drug-likeness (QED) is 0.838. The van der Waals surface area contributed by atoms with Gasteiger partial charge in [0.1, 0.15) is 5.82 Å². The summed E-state index contributed by atoms with van der Waals surface area (Å²) < 4.78 is 5.84. The van der Waals surface area contributed by atoms with Gasteiger partial charge >= 0.3 is 0 Å². The standard InChI is InChI=1S/C18H31N5O/c1-14-11-22(12-15(2)24-14)13-16-6-9-23(10-7-16)18-19-8-5-17(20-18)21(3)4/h5,8,14-16H,6-7,9-13H2,1-4H3/t14-,15-/m1/s1. The third-order valence-corrected chi connectivity index (χ3v) is 5.00. The molecule has 3 heterocycles. The van der Waals surface area contributed by atoms with E-state index in [9.17, 15) is 0 Å². The van der Waals surface area contributed by atoms with Crippen molar-refractivity contribution in [3.8, 4) is 0 Å². The Labute approximate surface area is 145 Å². The summed E-state index contributed by atoms with van der Waals surface area (Å²) in [7, 11) is 4.03. The van der Waals surface area contributed by atoms with Crippen molar-refractivity contribution in [3.05, 3.63) is 12.3 Å². The van der Waals surface area contributed by atoms with Crippen molar-refractivity contribution < 1.29 is 4.74 Å². The number of piperidine rings is 1. The summed E-state index contributed by atoms with van der Waals surface area (Å²) in [6.45, 7) is 9.80. The average molecular weight is 333 g/mol. The molecule has 0 aliphatic carbocycles. The van der Waals surface area contributed by atoms with E-state index in [4.69, 9.17) is 4.74 Å². The highest BCUT2D eigenvalue weighted by Gasteiger charge is 2.27. The van der Waals surface area contributed by atoms with Gasteiger partial charge in [0.05, 0.1) is 12.2 Å². The highest BCUT2D eigenvalue weighted by molar-refractivity contribution is 5.42. The molecule has 0 radical (unpaired) electrons. The Morgan fingerprint density at radius 1 is 1.17 bits per heavy atom. The van der Waals surface area contributed by atoms with E-state index >= 15 is 0 Å². The van der Waals surface area contributed by atoms with Gasteiger partial charge in [-0.15, -0.1) is 0 Å². The van der Waals surface area contributed by atoms with Crippen LogP contribution in [0.25, 0.3) is 0 Å². The molecule has 3 rings (SSSR count). The molecule has 0 N–H and O–H groups in total. The summed E-state index contributed by atoms with van der Waals surface area (Å²) in [6, 6.07) is 1.96. The minimum atomic E-state index is 0.357. The molecule has 24 heavy (non-hydrogen) atoms. The molecule has 134 valence electrons. The fourth-order valence-electron chi connectivity index (χ4n) is 3.85. The molecule has 2 aliphatic rings. The molecule has 0 spiro atoms. The van der Waals surface area contributed by atoms with Crippen molar-refractivity contribution >= 4 is 11.8 Å². The number of ether oxygens (including phenoxy) is 1. The number of rotatable bonds is 4. The van der Waals surface area contributed by atoms with E-state index in [0.29, 0.717) is 12.2 Å². The van der Waals surface area contributed by atoms with Crippen LogP contribution < -0.4 is 9.80 Å². The lowest BCUT2D eigenvalue weighted by Crippen LogP contribution is -2.48. The Hall–Kier alpha value is -1.40. The minimum absolute atomic E-state index is 0.357. The first kappa shape index (κ1) is 17.4. The zero-order valence-corrected chi connectivity index (χ0v) is 15.5. The molecule has 0 saturated carbocycles. The lowest BCUT2D eigenvalue weighted by Gasteiger charge is -2.39. The largest absolute Gasteiger partial charge is 0.373 e. The summed E-state index contributed by atoms with van der Waals surface area (Å²) >= 11 is 0. The van der Waals surface area contributed by atoms with Gasteiger partial charge in [0, 0.05) is 53.0 Å². The van der Waals surface area contributed by atoms with Gasteiger partial charge in [-0.05, 0) is 38.7 Å². The molecule has 0 aromatic carbocycles. The van der Waals surface area contributed by atoms with Crippen molar-refractivity contribution in [1.29, 1.82) is 0 Å². The summed E-state index contributed by atoms with van der Waals surface area (Å²) in [5.74, 6) is 2.61. The molecule has 2 fully saturated rings. The fourth-order valence-corrected chi connectivity index (χ4v) is 3.85. The lowest BCUT2D eigenvalue weighted by atomic mass is 9.96. The molecule has 1 aromatic rings. The highest BCUT2D eigenvalue weighted by Crippen LogP contribution is 2.23. The Bertz CT molecular complexity index is 520. The number of anilines is 2. The van der Waals surface area contributed by atoms with Crippen LogP contribution >= 0.6 is 0 Å². The highest BCUT2D eigenvalue weighted by atomic mass is 16.5. The third kappa shape index (κ3) is 4.36. The second kappa shape index (κ2) is 7.66. The maximum atomic E-state index is 5.84. The summed E-state index contributed by atoms with van der Waals surface area (Å²) in [4.78, 5) is 16.1. The maximum absolute atomic E-state index is 5.84. The number of hydrogen-bond acceptors (Lipinski definition) is 6. The Balaban J connectivity index is 1.51. The first-order valence-electron chi connectivity index (χ1n) is 9.14. The van der Waals surface area contributed by atoms with E-state index in [-0.39, 0.29) is 0 Å². The topological polar surface area (TPSA) is 44.7 Å². The van der Waals surface area contributed by atoms with E-state index in [0.717, 1.165) is 43.9 Å². The summed E-state index contributed by atoms with van der Waals surface area (Å²) in [5, 5.41) is 0. The van der Waals surface area contributed by atoms with Gasteiger partial charge in [-0.2, -0.15) is 4.98 Å². The van der Waals surface area contributed by atoms with Crippen LogP contribution in [0, 0.1) is 5.92 Å². The Morgan fingerprint density at radius 3 is 2.46 bits per heavy atom. The van der Waals surface area contributed by atoms with Crippen molar-refractivity contribution in [2.75, 3.05) is 56.6 Å². The normalized spacial score (nSPS) is 26.6. The number of morpholine rings is 1. The van der Waals surface area contributed by atoms with Crippen LogP contribution in [0.3, 0.4) is 0 Å². The van der Waals surface area contributed by atoms with E-state index in [1.807, 2.05) is 31.3 Å². The van der Waals surface area contributed by atoms with Crippen molar-refractivity contribution in [1.82, 2.24) is 14.9 Å². The molecule has 2 saturated heterocycles. The minimum Gasteiger partial charge on any atom is -0.373 e. The summed E-state index contributed by atoms with van der Waals surface area (Å²) in [6.07, 6.45) is 5.01. The molecule has 6 heteroatoms. The zero-order chi connectivity index (χ0) is 17.1. The van der Waals surface area contributed by atoms with Gasteiger partial charge < -0.3 is 14.5 Å². The third-order valence-electron chi connectivity index (χ3n) is 5.00. The van der Waals surface area contributed by atoms with Crippen LogP contribution in [0.5, 0.6) is 0 Å². The molecule has 0 amide bonds. The first-order chi connectivity index (χ1) is 11.5. The van der Waals surface area contributed by atoms with Crippen LogP contribution in [0.1, 0.15) is 26.7 Å². The molecule has 2 atom stereocenters. The predicted octanol–water partition coefficient (Wildman–Crippen LogP) is 1.87. The van der Waals surface area contributed by atoms with Gasteiger partial charge in [0.2, 0.25) is 5.95 Å². The number of hydrogen-bond donors (Lipinski definition) is 0. The average Bonchev–Trinajstić information content (AvgIpc) is 2.54. The van der Waals surface area contributed by atoms with E-state index < -0.39 is 0 Å². The van der Waals surface area contributed by atoms with Gasteiger partial charge in [0.15, 0.2) is 0 Å². The van der Waals surface area contributed by atoms with Crippen molar-refractivity contribution in [3.63, 3.8) is 0 Å². The van der Waals surface area contributed by atoms with E-state index in [1.165, 1.54) is 19.4 Å². The van der Waals surface area contributed by atoms with Gasteiger partial charge in [-0.3, -0.25) is 4.90 Å². The molecule has 1 aromatic heterocycles. The Kier molecular flexibility index (Phi) is 5.56. The molecule has 6 nitrogen and oxygen atoms in total. The van der Waals surface area contributed by atoms with Gasteiger partial charge in [-0.25, -0.2) is 4.98 Å². The monoisotopic (exact) mass is 333 g/mol. The molecule has 0 unspecified atom stereocenters. The van der Waals surface area contributed by atoms with Crippen molar-refractivity contribution in [2.24, 2.45) is 5.92 Å². The molecule has 0 bridgehead atoms. The van der Waals surface area contributed by atoms with Crippen molar-refractivity contribution in [2.45, 2.75) is 38.9 Å². The predicted molar refractivity (Wildman–Crippen MR) is 97.7 cm³/mol. The SMILES string of the molecule is C[C@@H]1CN(CC2CCN(c3nccc(N(C)C)n3)CC2)C[C@@H](C)O1. The van der Waals surface area contributed by atoms with Crippen LogP contribution in [-0.2, 0) is 4.74 Å². The second-order valence-electron chi connectivity index (χ2n) is 7.52. The number of nitrogens with zero attached hydrogens (tertiary/aromatic N) is 5. The Morgan fingerprint density at radius 2 is 1.83 bits per heavy atom. The summed E-state index contributed by atoms with van der Waals surface area (Å²) in [5.41, 5.74) is 0. The lowest BCUT2D eigenvalue weighted by molar-refractivity contribution is -0.0720. The van der Waals surface area contributed by atoms with Gasteiger partial charge in [0.25, 0.3) is 0 Å². The molecular weight excluding hydrogens is 302 g/mol. The number of aromatic nitrogens is 2. The van der Waals surface area contributed by atoms with Crippen LogP contribution in [0.2, 0.25) is 0 Å². The molecular formula is C18H31N5O. The fraction of sp³-hybridized carbons (Fsp3) is 0.778. The first-order valence-corrected chi connectivity index (χ1v) is 9.14. The van der Waals surface area contributed by atoms with E-state index in [1.54, 1.807) is 0 Å². The molecule has 2 aliphatic heterocycles. The van der Waals surface area contributed by atoms with Crippen LogP contribution in [0.15, 0.2) is 12.3 Å². The van der Waals surface area contributed by atoms with E-state index in [2.05, 4.69) is 33.6 Å². The zero-order valence-electron chi connectivity index (χ0n) is 15.5. The van der Waals surface area contributed by atoms with Crippen LogP contribution in [-0.4, -0.2) is 73.9 Å².